The van der Waals surface area contributed by atoms with Gasteiger partial charge in [0.2, 0.25) is 10.0 Å². The molecule has 1 aliphatic heterocycles. The van der Waals surface area contributed by atoms with Crippen LogP contribution in [-0.4, -0.2) is 33.7 Å². The number of nitrogens with zero attached hydrogens (tertiary/aromatic N) is 1. The summed E-state index contributed by atoms with van der Waals surface area (Å²) in [6, 6.07) is 12.2. The molecule has 0 bridgehead atoms. The lowest BCUT2D eigenvalue weighted by molar-refractivity contribution is 0.415. The molecule has 0 aliphatic carbocycles. The van der Waals surface area contributed by atoms with E-state index in [0.29, 0.717) is 17.0 Å². The summed E-state index contributed by atoms with van der Waals surface area (Å²) in [6.45, 7) is 1.61. The van der Waals surface area contributed by atoms with Crippen molar-refractivity contribution in [3.8, 4) is 11.5 Å². The summed E-state index contributed by atoms with van der Waals surface area (Å²) < 4.78 is 35.6. The SMILES string of the molecule is COC(=S)c1cc(N2CCCC2)c(Oc2ccccc2)c(S(N)(=O)=O)c1. The van der Waals surface area contributed by atoms with Crippen molar-refractivity contribution >= 4 is 33.0 Å². The lowest BCUT2D eigenvalue weighted by Crippen LogP contribution is -2.22. The maximum absolute atomic E-state index is 12.3. The minimum absolute atomic E-state index is 0.111. The average molecular weight is 393 g/mol. The van der Waals surface area contributed by atoms with Gasteiger partial charge in [-0.2, -0.15) is 0 Å². The Hall–Kier alpha value is -2.16. The Bertz CT molecular complexity index is 908. The molecule has 2 aromatic rings. The summed E-state index contributed by atoms with van der Waals surface area (Å²) in [6.07, 6.45) is 2.04. The maximum Gasteiger partial charge on any atom is 0.241 e. The number of thiocarbonyl (C=S) groups is 1. The molecule has 0 saturated carbocycles. The van der Waals surface area contributed by atoms with E-state index in [2.05, 4.69) is 4.90 Å². The minimum atomic E-state index is -4.04. The molecule has 6 nitrogen and oxygen atoms in total. The predicted molar refractivity (Wildman–Crippen MR) is 104 cm³/mol. The molecule has 0 atom stereocenters. The molecule has 2 aromatic carbocycles. The molecular formula is C18H20N2O4S2. The standard InChI is InChI=1S/C18H20N2O4S2/c1-23-18(25)13-11-15(20-9-5-6-10-20)17(16(12-13)26(19,21)22)24-14-7-3-2-4-8-14/h2-4,7-8,11-12H,5-6,9-10H2,1H3,(H2,19,21,22). The fraction of sp³-hybridized carbons (Fsp3) is 0.278. The molecule has 0 unspecified atom stereocenters. The van der Waals surface area contributed by atoms with Gasteiger partial charge in [0.25, 0.3) is 0 Å². The first-order chi connectivity index (χ1) is 12.4. The van der Waals surface area contributed by atoms with Gasteiger partial charge in [-0.25, -0.2) is 13.6 Å². The number of sulfonamides is 1. The van der Waals surface area contributed by atoms with Crippen molar-refractivity contribution in [1.82, 2.24) is 0 Å². The van der Waals surface area contributed by atoms with Crippen molar-refractivity contribution in [3.05, 3.63) is 48.0 Å². The predicted octanol–water partition coefficient (Wildman–Crippen LogP) is 3.05. The molecule has 3 rings (SSSR count). The van der Waals surface area contributed by atoms with Crippen LogP contribution in [0.4, 0.5) is 5.69 Å². The van der Waals surface area contributed by atoms with E-state index < -0.39 is 10.0 Å². The zero-order valence-corrected chi connectivity index (χ0v) is 16.0. The number of anilines is 1. The average Bonchev–Trinajstić information content (AvgIpc) is 3.15. The fourth-order valence-electron chi connectivity index (χ4n) is 2.94. The summed E-state index contributed by atoms with van der Waals surface area (Å²) >= 11 is 5.19. The number of hydrogen-bond donors (Lipinski definition) is 1. The third-order valence-corrected chi connectivity index (χ3v) is 5.49. The van der Waals surface area contributed by atoms with Crippen molar-refractivity contribution in [2.24, 2.45) is 5.14 Å². The number of para-hydroxylation sites is 1. The highest BCUT2D eigenvalue weighted by Crippen LogP contribution is 2.40. The van der Waals surface area contributed by atoms with Crippen molar-refractivity contribution < 1.29 is 17.9 Å². The van der Waals surface area contributed by atoms with E-state index in [9.17, 15) is 8.42 Å². The van der Waals surface area contributed by atoms with Crippen LogP contribution in [0.3, 0.4) is 0 Å². The van der Waals surface area contributed by atoms with E-state index in [0.717, 1.165) is 25.9 Å². The number of primary sulfonamides is 1. The van der Waals surface area contributed by atoms with Gasteiger partial charge >= 0.3 is 0 Å². The topological polar surface area (TPSA) is 81.9 Å². The third-order valence-electron chi connectivity index (χ3n) is 4.17. The second-order valence-corrected chi connectivity index (χ2v) is 7.87. The molecule has 0 amide bonds. The van der Waals surface area contributed by atoms with Crippen LogP contribution in [0.5, 0.6) is 11.5 Å². The molecule has 0 aromatic heterocycles. The first kappa shape index (κ1) is 18.6. The van der Waals surface area contributed by atoms with Crippen LogP contribution in [0.15, 0.2) is 47.4 Å². The Morgan fingerprint density at radius 1 is 1.15 bits per heavy atom. The second-order valence-electron chi connectivity index (χ2n) is 5.97. The van der Waals surface area contributed by atoms with Crippen molar-refractivity contribution in [2.75, 3.05) is 25.1 Å². The molecule has 1 fully saturated rings. The number of methoxy groups -OCH3 is 1. The van der Waals surface area contributed by atoms with Gasteiger partial charge in [-0.15, -0.1) is 0 Å². The fourth-order valence-corrected chi connectivity index (χ4v) is 3.75. The molecular weight excluding hydrogens is 372 g/mol. The van der Waals surface area contributed by atoms with Gasteiger partial charge in [-0.1, -0.05) is 18.2 Å². The second kappa shape index (κ2) is 7.61. The van der Waals surface area contributed by atoms with Crippen molar-refractivity contribution in [1.29, 1.82) is 0 Å². The molecule has 2 N–H and O–H groups in total. The van der Waals surface area contributed by atoms with E-state index in [1.54, 1.807) is 18.2 Å². The van der Waals surface area contributed by atoms with E-state index in [1.807, 2.05) is 18.2 Å². The Balaban J connectivity index is 2.21. The molecule has 26 heavy (non-hydrogen) atoms. The number of rotatable bonds is 5. The minimum Gasteiger partial charge on any atom is -0.486 e. The van der Waals surface area contributed by atoms with Crippen LogP contribution in [0, 0.1) is 0 Å². The Labute approximate surface area is 158 Å². The van der Waals surface area contributed by atoms with Gasteiger partial charge in [0.15, 0.2) is 10.8 Å². The van der Waals surface area contributed by atoms with Crippen LogP contribution in [0.25, 0.3) is 0 Å². The third kappa shape index (κ3) is 3.98. The van der Waals surface area contributed by atoms with Crippen molar-refractivity contribution in [3.63, 3.8) is 0 Å². The maximum atomic E-state index is 12.3. The van der Waals surface area contributed by atoms with Gasteiger partial charge in [-0.05, 0) is 49.3 Å². The van der Waals surface area contributed by atoms with Gasteiger partial charge in [-0.3, -0.25) is 0 Å². The lowest BCUT2D eigenvalue weighted by Gasteiger charge is -2.24. The summed E-state index contributed by atoms with van der Waals surface area (Å²) in [7, 11) is -2.59. The summed E-state index contributed by atoms with van der Waals surface area (Å²) in [5.41, 5.74) is 1.13. The normalized spacial score (nSPS) is 14.3. The molecule has 1 aliphatic rings. The van der Waals surface area contributed by atoms with Crippen LogP contribution < -0.4 is 14.8 Å². The number of hydrogen-bond acceptors (Lipinski definition) is 6. The highest BCUT2D eigenvalue weighted by atomic mass is 32.2. The number of ether oxygens (including phenoxy) is 2. The zero-order valence-electron chi connectivity index (χ0n) is 14.3. The summed E-state index contributed by atoms with van der Waals surface area (Å²) in [4.78, 5) is 1.97. The smallest absolute Gasteiger partial charge is 0.241 e. The van der Waals surface area contributed by atoms with Gasteiger partial charge in [0.05, 0.1) is 12.8 Å². The highest BCUT2D eigenvalue weighted by molar-refractivity contribution is 7.89. The van der Waals surface area contributed by atoms with E-state index in [1.165, 1.54) is 13.2 Å². The van der Waals surface area contributed by atoms with E-state index >= 15 is 0 Å². The monoisotopic (exact) mass is 392 g/mol. The van der Waals surface area contributed by atoms with Crippen LogP contribution in [-0.2, 0) is 14.8 Å². The highest BCUT2D eigenvalue weighted by Gasteiger charge is 2.26. The van der Waals surface area contributed by atoms with Crippen LogP contribution in [0.2, 0.25) is 0 Å². The van der Waals surface area contributed by atoms with Gasteiger partial charge in [0.1, 0.15) is 10.6 Å². The lowest BCUT2D eigenvalue weighted by atomic mass is 10.1. The molecule has 8 heteroatoms. The Morgan fingerprint density at radius 3 is 2.38 bits per heavy atom. The van der Waals surface area contributed by atoms with E-state index in [4.69, 9.17) is 26.8 Å². The van der Waals surface area contributed by atoms with E-state index in [-0.39, 0.29) is 15.7 Å². The summed E-state index contributed by atoms with van der Waals surface area (Å²) in [5, 5.41) is 5.67. The molecule has 138 valence electrons. The molecule has 0 radical (unpaired) electrons. The Morgan fingerprint density at radius 2 is 1.81 bits per heavy atom. The van der Waals surface area contributed by atoms with Crippen LogP contribution >= 0.6 is 12.2 Å². The van der Waals surface area contributed by atoms with Gasteiger partial charge < -0.3 is 14.4 Å². The number of nitrogens with two attached hydrogens (primary N) is 1. The van der Waals surface area contributed by atoms with Crippen molar-refractivity contribution in [2.45, 2.75) is 17.7 Å². The molecule has 0 spiro atoms. The zero-order chi connectivity index (χ0) is 18.7. The van der Waals surface area contributed by atoms with Gasteiger partial charge in [0, 0.05) is 18.7 Å². The van der Waals surface area contributed by atoms with Crippen LogP contribution in [0.1, 0.15) is 18.4 Å². The molecule has 1 saturated heterocycles. The first-order valence-corrected chi connectivity index (χ1v) is 10.1. The summed E-state index contributed by atoms with van der Waals surface area (Å²) in [5.74, 6) is 0.739. The Kier molecular flexibility index (Phi) is 5.45. The largest absolute Gasteiger partial charge is 0.486 e. The number of benzene rings is 2. The quantitative estimate of drug-likeness (QED) is 0.788. The first-order valence-electron chi connectivity index (χ1n) is 8.17. The molecule has 1 heterocycles.